The minimum absolute atomic E-state index is 0. The number of phosphoric ester groups is 1. The first-order chi connectivity index (χ1) is 19.0. The molecule has 0 radical (unpaired) electrons. The molecule has 0 fully saturated rings. The van der Waals surface area contributed by atoms with Gasteiger partial charge >= 0.3 is 37.4 Å². The number of rotatable bonds is 6. The van der Waals surface area contributed by atoms with Gasteiger partial charge in [-0.05, 0) is 46.5 Å². The molecule has 40 heavy (non-hydrogen) atoms. The first-order valence-electron chi connectivity index (χ1n) is 12.6. The van der Waals surface area contributed by atoms with Crippen LogP contribution < -0.4 is 43.9 Å². The topological polar surface area (TPSA) is 77.1 Å². The summed E-state index contributed by atoms with van der Waals surface area (Å²) in [5.74, 6) is 1.66. The fourth-order valence-corrected chi connectivity index (χ4v) is 6.06. The summed E-state index contributed by atoms with van der Waals surface area (Å²) in [6.07, 6.45) is 4.61. The summed E-state index contributed by atoms with van der Waals surface area (Å²) in [4.78, 5) is 13.6. The number of methoxy groups -OCH3 is 2. The van der Waals surface area contributed by atoms with Crippen molar-refractivity contribution in [3.8, 4) is 11.5 Å². The summed E-state index contributed by atoms with van der Waals surface area (Å²) in [6.45, 7) is 0. The predicted octanol–water partition coefficient (Wildman–Crippen LogP) is 3.71. The van der Waals surface area contributed by atoms with Crippen LogP contribution in [0, 0.1) is 0 Å². The number of hydrogen-bond acceptors (Lipinski definition) is 6. The molecule has 0 aliphatic heterocycles. The van der Waals surface area contributed by atoms with Crippen molar-refractivity contribution in [3.63, 3.8) is 0 Å². The number of phosphoric acid groups is 1. The van der Waals surface area contributed by atoms with Gasteiger partial charge in [-0.15, -0.1) is 0 Å². The molecule has 0 spiro atoms. The average Bonchev–Trinajstić information content (AvgIpc) is 3.19. The number of benzene rings is 4. The summed E-state index contributed by atoms with van der Waals surface area (Å²) in [5.41, 5.74) is 6.75. The molecule has 0 saturated heterocycles. The maximum Gasteiger partial charge on any atom is 1.00 e. The fourth-order valence-electron chi connectivity index (χ4n) is 5.24. The maximum atomic E-state index is 13.6. The summed E-state index contributed by atoms with van der Waals surface area (Å²) in [5, 5.41) is 0. The van der Waals surface area contributed by atoms with Crippen LogP contribution in [0.1, 0.15) is 44.5 Å². The van der Waals surface area contributed by atoms with Crippen molar-refractivity contribution in [1.82, 2.24) is 0 Å². The van der Waals surface area contributed by atoms with Gasteiger partial charge in [0.15, 0.2) is 0 Å². The molecule has 0 aromatic heterocycles. The molecule has 2 aliphatic rings. The number of ether oxygens (including phenoxy) is 2. The zero-order valence-electron chi connectivity index (χ0n) is 22.5. The monoisotopic (exact) mass is 560 g/mol. The van der Waals surface area contributed by atoms with Crippen LogP contribution in [0.4, 0.5) is 0 Å². The van der Waals surface area contributed by atoms with Gasteiger partial charge in [-0.3, -0.25) is 0 Å². The van der Waals surface area contributed by atoms with Crippen LogP contribution in [0.5, 0.6) is 11.5 Å². The number of hydrogen-bond donors (Lipinski definition) is 0. The summed E-state index contributed by atoms with van der Waals surface area (Å²) in [7, 11) is -1.72. The predicted molar refractivity (Wildman–Crippen MR) is 150 cm³/mol. The Balaban J connectivity index is 0.00000323. The minimum Gasteiger partial charge on any atom is -0.736 e. The molecule has 0 heterocycles. The maximum absolute atomic E-state index is 13.6. The molecule has 0 amide bonds. The Bertz CT molecular complexity index is 1570. The van der Waals surface area contributed by atoms with Crippen LogP contribution in [-0.2, 0) is 26.5 Å². The van der Waals surface area contributed by atoms with Gasteiger partial charge in [0.25, 0.3) is 0 Å². The van der Waals surface area contributed by atoms with Gasteiger partial charge in [0.1, 0.15) is 23.0 Å². The zero-order chi connectivity index (χ0) is 27.0. The Kier molecular flexibility index (Phi) is 8.27. The van der Waals surface area contributed by atoms with Crippen LogP contribution >= 0.6 is 7.82 Å². The minimum atomic E-state index is -4.92. The molecule has 8 heteroatoms. The molecule has 2 aliphatic carbocycles. The Morgan fingerprint density at radius 2 is 1.05 bits per heavy atom. The fraction of sp³-hybridized carbons (Fsp3) is 0.125. The molecular formula is C32H26NaO6P. The third kappa shape index (κ3) is 5.51. The van der Waals surface area contributed by atoms with Crippen molar-refractivity contribution in [3.05, 3.63) is 129 Å². The molecular weight excluding hydrogens is 534 g/mol. The van der Waals surface area contributed by atoms with E-state index in [4.69, 9.17) is 18.5 Å². The van der Waals surface area contributed by atoms with Gasteiger partial charge in [-0.1, -0.05) is 72.8 Å². The molecule has 6 rings (SSSR count). The zero-order valence-corrected chi connectivity index (χ0v) is 25.4. The Hall–Kier alpha value is -3.25. The molecule has 0 unspecified atom stereocenters. The first kappa shape index (κ1) is 28.3. The average molecular weight is 561 g/mol. The van der Waals surface area contributed by atoms with Crippen molar-refractivity contribution in [2.75, 3.05) is 14.2 Å². The van der Waals surface area contributed by atoms with Gasteiger partial charge in [0, 0.05) is 35.1 Å². The van der Waals surface area contributed by atoms with Crippen LogP contribution in [0.15, 0.2) is 84.9 Å². The van der Waals surface area contributed by atoms with Gasteiger partial charge in [-0.2, -0.15) is 0 Å². The molecule has 4 aromatic rings. The molecule has 4 aromatic carbocycles. The molecule has 0 bridgehead atoms. The van der Waals surface area contributed by atoms with E-state index in [1.807, 2.05) is 84.9 Å². The van der Waals surface area contributed by atoms with E-state index in [9.17, 15) is 9.46 Å². The second-order valence-corrected chi connectivity index (χ2v) is 10.6. The van der Waals surface area contributed by atoms with E-state index in [-0.39, 0.29) is 41.1 Å². The van der Waals surface area contributed by atoms with Gasteiger partial charge < -0.3 is 23.4 Å². The second-order valence-electron chi connectivity index (χ2n) is 9.37. The Labute approximate surface area is 255 Å². The molecule has 0 saturated carbocycles. The SMILES string of the molecule is COc1cccc2c1Cc1ccccc1C=C2OP(=O)([O-])OC1=Cc2ccccc2Cc2c(OC)cccc21.[Na+]. The van der Waals surface area contributed by atoms with E-state index in [2.05, 4.69) is 0 Å². The van der Waals surface area contributed by atoms with Crippen molar-refractivity contribution >= 4 is 31.5 Å². The van der Waals surface area contributed by atoms with Gasteiger partial charge in [-0.25, -0.2) is 4.57 Å². The van der Waals surface area contributed by atoms with E-state index in [0.29, 0.717) is 35.5 Å². The first-order valence-corrected chi connectivity index (χ1v) is 14.0. The normalized spacial score (nSPS) is 13.4. The number of fused-ring (bicyclic) bond motifs is 4. The third-order valence-electron chi connectivity index (χ3n) is 7.07. The van der Waals surface area contributed by atoms with Gasteiger partial charge in [0.2, 0.25) is 0 Å². The van der Waals surface area contributed by atoms with Crippen molar-refractivity contribution < 1.29 is 57.5 Å². The Morgan fingerprint density at radius 1 is 0.625 bits per heavy atom. The third-order valence-corrected chi connectivity index (χ3v) is 7.92. The summed E-state index contributed by atoms with van der Waals surface area (Å²) >= 11 is 0. The van der Waals surface area contributed by atoms with Crippen molar-refractivity contribution in [1.29, 1.82) is 0 Å². The Morgan fingerprint density at radius 3 is 1.48 bits per heavy atom. The van der Waals surface area contributed by atoms with E-state index in [1.54, 1.807) is 26.4 Å². The largest absolute Gasteiger partial charge is 1.00 e. The van der Waals surface area contributed by atoms with E-state index < -0.39 is 7.82 Å². The van der Waals surface area contributed by atoms with Crippen molar-refractivity contribution in [2.24, 2.45) is 0 Å². The summed E-state index contributed by atoms with van der Waals surface area (Å²) in [6, 6.07) is 26.6. The van der Waals surface area contributed by atoms with Crippen LogP contribution in [0.25, 0.3) is 23.7 Å². The molecule has 0 atom stereocenters. The molecule has 6 nitrogen and oxygen atoms in total. The van der Waals surface area contributed by atoms with Crippen LogP contribution in [-0.4, -0.2) is 14.2 Å². The standard InChI is InChI=1S/C32H27O6P.Na/c1-35-29-15-7-13-25-27(29)17-21-9-3-5-11-23(21)19-31(25)37-39(33,34)38-32-20-24-12-6-4-10-22(24)18-28-26(32)14-8-16-30(28)36-2;/h3-16,19-20H,17-18H2,1-2H3,(H,33,34);/q;+1/p-1. The molecule has 196 valence electrons. The van der Waals surface area contributed by atoms with E-state index >= 15 is 0 Å². The smallest absolute Gasteiger partial charge is 0.736 e. The molecule has 0 N–H and O–H groups in total. The van der Waals surface area contributed by atoms with E-state index in [1.165, 1.54) is 0 Å². The van der Waals surface area contributed by atoms with Gasteiger partial charge in [0.05, 0.1) is 14.2 Å². The van der Waals surface area contributed by atoms with E-state index in [0.717, 1.165) is 33.4 Å². The second kappa shape index (κ2) is 11.7. The van der Waals surface area contributed by atoms with Crippen molar-refractivity contribution in [2.45, 2.75) is 12.8 Å². The van der Waals surface area contributed by atoms with Crippen LogP contribution in [0.3, 0.4) is 0 Å². The van der Waals surface area contributed by atoms with Crippen LogP contribution in [0.2, 0.25) is 0 Å². The quantitative estimate of drug-likeness (QED) is 0.265. The summed E-state index contributed by atoms with van der Waals surface area (Å²) < 4.78 is 36.3.